The number of hydrogen-bond acceptors (Lipinski definition) is 20. The molecule has 6 aromatic rings. The number of hydrogen-bond donors (Lipinski definition) is 8. The third-order valence-corrected chi connectivity index (χ3v) is 16.1. The van der Waals surface area contributed by atoms with Crippen molar-refractivity contribution < 1.29 is 86.3 Å². The smallest absolute Gasteiger partial charge is 0.416 e. The number of aromatic nitrogens is 4. The third kappa shape index (κ3) is 18.4. The summed E-state index contributed by atoms with van der Waals surface area (Å²) in [5.41, 5.74) is 4.33. The zero-order valence-corrected chi connectivity index (χ0v) is 55.3. The summed E-state index contributed by atoms with van der Waals surface area (Å²) in [7, 11) is 4.28. The molecule has 5 heterocycles. The van der Waals surface area contributed by atoms with Crippen molar-refractivity contribution in [1.82, 2.24) is 45.3 Å². The highest BCUT2D eigenvalue weighted by Gasteiger charge is 2.46. The van der Waals surface area contributed by atoms with Gasteiger partial charge in [-0.15, -0.1) is 0 Å². The molecule has 9 rings (SSSR count). The number of imide groups is 1. The van der Waals surface area contributed by atoms with E-state index in [0.29, 0.717) is 44.9 Å². The number of aliphatic hydroxyl groups excluding tert-OH is 1. The number of esters is 1. The fourth-order valence-electron chi connectivity index (χ4n) is 10.8. The summed E-state index contributed by atoms with van der Waals surface area (Å²) < 4.78 is 34.7. The van der Waals surface area contributed by atoms with E-state index in [1.165, 1.54) is 48.9 Å². The van der Waals surface area contributed by atoms with Gasteiger partial charge in [-0.3, -0.25) is 48.1 Å². The van der Waals surface area contributed by atoms with Crippen molar-refractivity contribution in [3.63, 3.8) is 0 Å². The van der Waals surface area contributed by atoms with Gasteiger partial charge < -0.3 is 79.9 Å². The lowest BCUT2D eigenvalue weighted by Crippen LogP contribution is -2.53. The number of carbonyl (C=O) groups excluding carboxylic acids is 11. The molecule has 3 aliphatic rings. The SMILES string of the molecule is C=C1C[C@H]2[C@H](O)N(C(=O)OCc3ccc(NC(=O)[C@H](C)NC(=O)[C@@H](NC(=O)CCOCCOCCNC(=O)CCN4C(=O)C=CC4=O)C(C)C)cc3)c3cc(OCCCC(=O)Nc4cn(C)c(C(=O)Nc5ccc(-c6nc7ccc(C(=O)OC)cc7[nH]6)cc5)n4)c(OC)cc3C(=O)N2C1. The minimum absolute atomic E-state index is 0.00655. The van der Waals surface area contributed by atoms with E-state index in [4.69, 9.17) is 28.4 Å². The minimum Gasteiger partial charge on any atom is -0.493 e. The van der Waals surface area contributed by atoms with Gasteiger partial charge in [0, 0.05) is 87.3 Å². The summed E-state index contributed by atoms with van der Waals surface area (Å²) in [6, 6.07) is 18.1. The Labute approximate surface area is 567 Å². The average molecular weight is 1360 g/mol. The average Bonchev–Trinajstić information content (AvgIpc) is 1.62. The summed E-state index contributed by atoms with van der Waals surface area (Å²) in [4.78, 5) is 157. The number of amides is 10. The van der Waals surface area contributed by atoms with Gasteiger partial charge in [0.2, 0.25) is 35.4 Å². The van der Waals surface area contributed by atoms with E-state index < -0.39 is 83.7 Å². The van der Waals surface area contributed by atoms with Crippen molar-refractivity contribution in [2.24, 2.45) is 13.0 Å². The summed E-state index contributed by atoms with van der Waals surface area (Å²) in [6.07, 6.45) is 1.37. The number of aryl methyl sites for hydroxylation is 1. The second-order valence-corrected chi connectivity index (χ2v) is 23.7. The van der Waals surface area contributed by atoms with Gasteiger partial charge in [-0.25, -0.2) is 24.5 Å². The van der Waals surface area contributed by atoms with Gasteiger partial charge in [0.15, 0.2) is 23.5 Å². The third-order valence-electron chi connectivity index (χ3n) is 16.1. The molecule has 99 heavy (non-hydrogen) atoms. The number of aliphatic hydroxyl groups is 1. The number of methoxy groups -OCH3 is 2. The van der Waals surface area contributed by atoms with E-state index in [-0.39, 0.29) is 138 Å². The van der Waals surface area contributed by atoms with Crippen LogP contribution < -0.4 is 46.3 Å². The molecule has 31 heteroatoms. The number of benzene rings is 4. The van der Waals surface area contributed by atoms with Crippen LogP contribution in [-0.4, -0.2) is 191 Å². The summed E-state index contributed by atoms with van der Waals surface area (Å²) >= 11 is 0. The van der Waals surface area contributed by atoms with Gasteiger partial charge in [0.25, 0.3) is 23.6 Å². The van der Waals surface area contributed by atoms with E-state index in [1.807, 2.05) is 0 Å². The first-order valence-corrected chi connectivity index (χ1v) is 31.7. The predicted molar refractivity (Wildman–Crippen MR) is 357 cm³/mol. The van der Waals surface area contributed by atoms with Crippen molar-refractivity contribution in [2.45, 2.75) is 83.8 Å². The molecule has 31 nitrogen and oxygen atoms in total. The lowest BCUT2D eigenvalue weighted by atomic mass is 10.0. The predicted octanol–water partition coefficient (Wildman–Crippen LogP) is 4.49. The fourth-order valence-corrected chi connectivity index (χ4v) is 10.8. The van der Waals surface area contributed by atoms with Crippen LogP contribution in [0.4, 0.5) is 27.7 Å². The molecule has 1 saturated heterocycles. The number of aromatic amines is 1. The molecule has 0 bridgehead atoms. The Balaban J connectivity index is 0.715. The number of anilines is 4. The molecular weight excluding hydrogens is 1290 g/mol. The van der Waals surface area contributed by atoms with Crippen LogP contribution in [0.2, 0.25) is 0 Å². The second-order valence-electron chi connectivity index (χ2n) is 23.7. The molecule has 0 saturated carbocycles. The molecule has 4 aromatic carbocycles. The van der Waals surface area contributed by atoms with Crippen LogP contribution in [-0.2, 0) is 66.2 Å². The molecule has 522 valence electrons. The molecule has 0 radical (unpaired) electrons. The Morgan fingerprint density at radius 2 is 1.45 bits per heavy atom. The Hall–Kier alpha value is -11.3. The maximum atomic E-state index is 14.3. The fraction of sp³-hybridized carbons (Fsp3) is 0.368. The number of carbonyl (C=O) groups is 11. The first-order valence-electron chi connectivity index (χ1n) is 31.7. The van der Waals surface area contributed by atoms with Crippen molar-refractivity contribution in [3.8, 4) is 22.9 Å². The standard InChI is InChI=1S/C68H77N13O18/c1-38(2)59(77-56(84)23-27-96-29-30-97-28-24-69-54(82)22-25-79-57(85)20-21-58(79)86)63(88)70-40(4)62(87)71-44-15-10-41(11-16-44)37-99-68(93)81-49-34-52(51(94-6)33-46(49)65(90)80-35-39(3)31-50(80)66(81)91)98-26-8-9-55(83)75-53-36-78(5)61(76-53)64(89)72-45-17-12-42(13-18-45)60-73-47-19-14-43(67(92)95-7)32-48(47)74-60/h10-21,32-34,36,38,40,50,59,66,91H,3,8-9,22-31,35,37H2,1-2,4-7H3,(H,69,82)(H,70,88)(H,71,87)(H,72,89)(H,73,74)(H,75,83)(H,77,84)/t40-,50-,59-,66-/m0/s1. The molecule has 1 fully saturated rings. The van der Waals surface area contributed by atoms with Crippen LogP contribution in [0.25, 0.3) is 22.4 Å². The summed E-state index contributed by atoms with van der Waals surface area (Å²) in [5.74, 6) is -4.27. The zero-order valence-electron chi connectivity index (χ0n) is 55.3. The first kappa shape index (κ1) is 72.0. The van der Waals surface area contributed by atoms with Crippen molar-refractivity contribution in [2.75, 3.05) is 87.7 Å². The van der Waals surface area contributed by atoms with Gasteiger partial charge in [-0.05, 0) is 91.9 Å². The minimum atomic E-state index is -1.60. The highest BCUT2D eigenvalue weighted by Crippen LogP contribution is 2.42. The lowest BCUT2D eigenvalue weighted by Gasteiger charge is -2.31. The van der Waals surface area contributed by atoms with Crippen LogP contribution >= 0.6 is 0 Å². The molecule has 3 aliphatic heterocycles. The number of nitrogens with zero attached hydrogens (tertiary/aromatic N) is 6. The maximum absolute atomic E-state index is 14.3. The van der Waals surface area contributed by atoms with Crippen LogP contribution in [0.5, 0.6) is 11.5 Å². The number of fused-ring (bicyclic) bond motifs is 3. The largest absolute Gasteiger partial charge is 0.493 e. The molecule has 0 aliphatic carbocycles. The number of rotatable bonds is 31. The Morgan fingerprint density at radius 1 is 0.747 bits per heavy atom. The molecule has 0 unspecified atom stereocenters. The van der Waals surface area contributed by atoms with Gasteiger partial charge >= 0.3 is 12.1 Å². The first-order chi connectivity index (χ1) is 47.5. The van der Waals surface area contributed by atoms with Crippen LogP contribution in [0, 0.1) is 5.92 Å². The molecule has 0 spiro atoms. The van der Waals surface area contributed by atoms with E-state index in [2.05, 4.69) is 53.4 Å². The molecular formula is C68H77N13O18. The highest BCUT2D eigenvalue weighted by molar-refractivity contribution is 6.13. The van der Waals surface area contributed by atoms with Gasteiger partial charge in [0.1, 0.15) is 24.5 Å². The number of H-pyrrole nitrogens is 1. The van der Waals surface area contributed by atoms with E-state index in [0.717, 1.165) is 27.5 Å². The monoisotopic (exact) mass is 1360 g/mol. The summed E-state index contributed by atoms with van der Waals surface area (Å²) in [5, 5.41) is 28.2. The van der Waals surface area contributed by atoms with Gasteiger partial charge in [-0.1, -0.05) is 38.1 Å². The van der Waals surface area contributed by atoms with Crippen molar-refractivity contribution in [1.29, 1.82) is 0 Å². The van der Waals surface area contributed by atoms with E-state index in [1.54, 1.807) is 87.6 Å². The topological polar surface area (TPSA) is 392 Å². The number of ether oxygens (including phenoxy) is 6. The van der Waals surface area contributed by atoms with Crippen molar-refractivity contribution in [3.05, 3.63) is 132 Å². The molecule has 4 atom stereocenters. The Bertz CT molecular complexity index is 4070. The highest BCUT2D eigenvalue weighted by atomic mass is 16.6. The quantitative estimate of drug-likeness (QED) is 0.0129. The number of nitrogens with one attached hydrogen (secondary N) is 7. The second kappa shape index (κ2) is 33.1. The molecule has 8 N–H and O–H groups in total. The van der Waals surface area contributed by atoms with E-state index >= 15 is 0 Å². The van der Waals surface area contributed by atoms with Crippen LogP contribution in [0.15, 0.2) is 109 Å². The van der Waals surface area contributed by atoms with Gasteiger partial charge in [0.05, 0.1) is 81.1 Å². The number of imidazole rings is 2. The Morgan fingerprint density at radius 3 is 2.16 bits per heavy atom. The maximum Gasteiger partial charge on any atom is 0.416 e. The van der Waals surface area contributed by atoms with E-state index in [9.17, 15) is 57.8 Å². The summed E-state index contributed by atoms with van der Waals surface area (Å²) in [6.45, 7) is 9.46. The van der Waals surface area contributed by atoms with Crippen LogP contribution in [0.3, 0.4) is 0 Å². The molecule has 2 aromatic heterocycles. The zero-order chi connectivity index (χ0) is 71.0. The normalized spacial score (nSPS) is 15.4. The van der Waals surface area contributed by atoms with Crippen molar-refractivity contribution >= 4 is 99.1 Å². The van der Waals surface area contributed by atoms with Crippen LogP contribution in [0.1, 0.15) is 89.8 Å². The Kier molecular flexibility index (Phi) is 24.1. The van der Waals surface area contributed by atoms with Gasteiger partial charge in [-0.2, -0.15) is 0 Å². The lowest BCUT2D eigenvalue weighted by molar-refractivity contribution is -0.137. The molecule has 10 amide bonds.